The van der Waals surface area contributed by atoms with Crippen molar-refractivity contribution >= 4 is 23.9 Å². The molecule has 162 valence electrons. The second kappa shape index (κ2) is 6.47. The first-order valence-corrected chi connectivity index (χ1v) is 10.6. The maximum absolute atomic E-state index is 12.9. The fourth-order valence-electron chi connectivity index (χ4n) is 6.18. The average molecular weight is 435 g/mol. The molecule has 0 radical (unpaired) electrons. The molecule has 0 saturated heterocycles. The number of phenols is 2. The van der Waals surface area contributed by atoms with E-state index >= 15 is 0 Å². The summed E-state index contributed by atoms with van der Waals surface area (Å²) in [5.74, 6) is -1.25. The molecule has 30 heavy (non-hydrogen) atoms. The van der Waals surface area contributed by atoms with Gasteiger partial charge in [-0.15, -0.1) is 0 Å². The number of carbonyl (C=O) groups is 2. The van der Waals surface area contributed by atoms with Gasteiger partial charge in [0.05, 0.1) is 5.02 Å². The number of benzene rings is 1. The molecule has 0 spiro atoms. The third-order valence-electron chi connectivity index (χ3n) is 7.71. The number of aromatic hydroxyl groups is 2. The van der Waals surface area contributed by atoms with E-state index in [0.717, 1.165) is 18.9 Å². The minimum absolute atomic E-state index is 0.0564. The highest BCUT2D eigenvalue weighted by Crippen LogP contribution is 2.68. The Bertz CT molecular complexity index is 982. The zero-order valence-electron chi connectivity index (χ0n) is 17.5. The van der Waals surface area contributed by atoms with Crippen LogP contribution in [0.3, 0.4) is 0 Å². The molecule has 0 heterocycles. The van der Waals surface area contributed by atoms with Gasteiger partial charge in [0.25, 0.3) is 0 Å². The second-order valence-electron chi connectivity index (χ2n) is 10.1. The van der Waals surface area contributed by atoms with E-state index < -0.39 is 28.8 Å². The van der Waals surface area contributed by atoms with Gasteiger partial charge in [-0.2, -0.15) is 0 Å². The van der Waals surface area contributed by atoms with Gasteiger partial charge >= 0.3 is 5.97 Å². The lowest BCUT2D eigenvalue weighted by Crippen LogP contribution is -2.72. The molecular weight excluding hydrogens is 408 g/mol. The van der Waals surface area contributed by atoms with Crippen LogP contribution in [-0.4, -0.2) is 39.3 Å². The van der Waals surface area contributed by atoms with Crippen LogP contribution in [0.2, 0.25) is 5.02 Å². The van der Waals surface area contributed by atoms with Crippen molar-refractivity contribution < 1.29 is 29.6 Å². The standard InChI is InChI=1S/C23H27ClO6/c1-11-18(15(26)6-16(27)19(11)24)20(28)30-17-9-22(4)14-8-21(2,3)7-12(14)5-13(10-25)23(17,22)29/h5-6,10,12,14,17,26-27,29H,7-9H2,1-4H3/t12-,14-,17+,22+,23-/m0/s1. The normalized spacial score (nSPS) is 36.2. The first-order valence-electron chi connectivity index (χ1n) is 10.2. The van der Waals surface area contributed by atoms with Crippen molar-refractivity contribution in [1.29, 1.82) is 0 Å². The highest BCUT2D eigenvalue weighted by molar-refractivity contribution is 6.33. The molecule has 0 unspecified atom stereocenters. The molecule has 1 aromatic rings. The van der Waals surface area contributed by atoms with Crippen LogP contribution in [0.4, 0.5) is 0 Å². The van der Waals surface area contributed by atoms with Gasteiger partial charge in [0.2, 0.25) is 0 Å². The van der Waals surface area contributed by atoms with Crippen molar-refractivity contribution in [3.63, 3.8) is 0 Å². The smallest absolute Gasteiger partial charge is 0.342 e. The molecule has 0 aliphatic heterocycles. The molecule has 2 fully saturated rings. The molecule has 3 N–H and O–H groups in total. The minimum atomic E-state index is -1.57. The van der Waals surface area contributed by atoms with E-state index in [1.807, 2.05) is 13.0 Å². The monoisotopic (exact) mass is 434 g/mol. The van der Waals surface area contributed by atoms with E-state index in [2.05, 4.69) is 13.8 Å². The number of esters is 1. The van der Waals surface area contributed by atoms with Crippen LogP contribution < -0.4 is 0 Å². The number of rotatable bonds is 3. The molecule has 0 aromatic heterocycles. The van der Waals surface area contributed by atoms with Crippen LogP contribution in [0.25, 0.3) is 0 Å². The summed E-state index contributed by atoms with van der Waals surface area (Å²) < 4.78 is 5.61. The maximum Gasteiger partial charge on any atom is 0.342 e. The summed E-state index contributed by atoms with van der Waals surface area (Å²) >= 11 is 6.00. The summed E-state index contributed by atoms with van der Waals surface area (Å²) in [4.78, 5) is 24.7. The maximum atomic E-state index is 12.9. The second-order valence-corrected chi connectivity index (χ2v) is 10.5. The fourth-order valence-corrected chi connectivity index (χ4v) is 6.33. The zero-order valence-corrected chi connectivity index (χ0v) is 18.3. The molecule has 7 heteroatoms. The zero-order chi connectivity index (χ0) is 22.2. The Hall–Kier alpha value is -2.05. The lowest BCUT2D eigenvalue weighted by atomic mass is 9.44. The lowest BCUT2D eigenvalue weighted by Gasteiger charge is -2.64. The van der Waals surface area contributed by atoms with Crippen LogP contribution in [0, 0.1) is 29.6 Å². The summed E-state index contributed by atoms with van der Waals surface area (Å²) in [6.07, 6.45) is 3.90. The highest BCUT2D eigenvalue weighted by atomic mass is 35.5. The molecule has 5 atom stereocenters. The minimum Gasteiger partial charge on any atom is -0.507 e. The van der Waals surface area contributed by atoms with Crippen LogP contribution in [0.1, 0.15) is 56.0 Å². The quantitative estimate of drug-likeness (QED) is 0.492. The third kappa shape index (κ3) is 2.66. The number of halogens is 1. The topological polar surface area (TPSA) is 104 Å². The van der Waals surface area contributed by atoms with Crippen molar-refractivity contribution in [3.05, 3.63) is 33.9 Å². The van der Waals surface area contributed by atoms with E-state index in [0.29, 0.717) is 12.7 Å². The number of ether oxygens (including phenoxy) is 1. The third-order valence-corrected chi connectivity index (χ3v) is 8.19. The molecule has 1 aromatic carbocycles. The van der Waals surface area contributed by atoms with Gasteiger partial charge in [-0.25, -0.2) is 4.79 Å². The van der Waals surface area contributed by atoms with Crippen molar-refractivity contribution in [2.75, 3.05) is 0 Å². The molecule has 3 aliphatic rings. The van der Waals surface area contributed by atoms with E-state index in [9.17, 15) is 24.9 Å². The van der Waals surface area contributed by atoms with Crippen molar-refractivity contribution in [3.8, 4) is 11.5 Å². The number of fused-ring (bicyclic) bond motifs is 3. The Morgan fingerprint density at radius 2 is 1.87 bits per heavy atom. The first-order chi connectivity index (χ1) is 13.9. The van der Waals surface area contributed by atoms with Gasteiger partial charge in [0, 0.05) is 17.1 Å². The molecule has 0 amide bonds. The number of hydrogen-bond acceptors (Lipinski definition) is 6. The SMILES string of the molecule is Cc1c(Cl)c(O)cc(O)c1C(=O)O[C@@H]1C[C@]2(C)[C@H]3CC(C)(C)C[C@@H]3C=C(C=O)[C@]12O. The van der Waals surface area contributed by atoms with Crippen LogP contribution in [0.5, 0.6) is 11.5 Å². The van der Waals surface area contributed by atoms with Gasteiger partial charge in [-0.3, -0.25) is 4.79 Å². The number of carbonyl (C=O) groups excluding carboxylic acids is 2. The number of phenolic OH excluding ortho intramolecular Hbond substituents is 2. The average Bonchev–Trinajstić information content (AvgIpc) is 2.97. The fraction of sp³-hybridized carbons (Fsp3) is 0.565. The van der Waals surface area contributed by atoms with Gasteiger partial charge in [0.15, 0.2) is 0 Å². The van der Waals surface area contributed by atoms with Crippen LogP contribution >= 0.6 is 11.6 Å². The largest absolute Gasteiger partial charge is 0.507 e. The van der Waals surface area contributed by atoms with Gasteiger partial charge < -0.3 is 20.1 Å². The summed E-state index contributed by atoms with van der Waals surface area (Å²) in [7, 11) is 0. The highest BCUT2D eigenvalue weighted by Gasteiger charge is 2.72. The van der Waals surface area contributed by atoms with Gasteiger partial charge in [-0.1, -0.05) is 38.4 Å². The van der Waals surface area contributed by atoms with Crippen molar-refractivity contribution in [2.24, 2.45) is 22.7 Å². The van der Waals surface area contributed by atoms with Crippen LogP contribution in [0.15, 0.2) is 17.7 Å². The Labute approximate surface area is 180 Å². The number of hydrogen-bond donors (Lipinski definition) is 3. The van der Waals surface area contributed by atoms with Crippen molar-refractivity contribution in [2.45, 2.75) is 58.7 Å². The molecular formula is C23H27ClO6. The number of aldehydes is 1. The van der Waals surface area contributed by atoms with Gasteiger partial charge in [0.1, 0.15) is 35.1 Å². The Kier molecular flexibility index (Phi) is 4.57. The van der Waals surface area contributed by atoms with E-state index in [-0.39, 0.29) is 44.7 Å². The number of allylic oxidation sites excluding steroid dienone is 1. The molecule has 6 nitrogen and oxygen atoms in total. The summed E-state index contributed by atoms with van der Waals surface area (Å²) in [6.45, 7) is 7.84. The molecule has 4 rings (SSSR count). The summed E-state index contributed by atoms with van der Waals surface area (Å²) in [6, 6.07) is 0.980. The van der Waals surface area contributed by atoms with Crippen molar-refractivity contribution in [1.82, 2.24) is 0 Å². The first kappa shape index (κ1) is 21.2. The summed E-state index contributed by atoms with van der Waals surface area (Å²) in [5.41, 5.74) is -1.76. The van der Waals surface area contributed by atoms with E-state index in [1.165, 1.54) is 6.92 Å². The predicted octanol–water partition coefficient (Wildman–Crippen LogP) is 3.92. The lowest BCUT2D eigenvalue weighted by molar-refractivity contribution is -0.246. The van der Waals surface area contributed by atoms with Gasteiger partial charge in [-0.05, 0) is 49.0 Å². The van der Waals surface area contributed by atoms with Crippen LogP contribution in [-0.2, 0) is 9.53 Å². The molecule has 2 saturated carbocycles. The van der Waals surface area contributed by atoms with E-state index in [4.69, 9.17) is 16.3 Å². The Morgan fingerprint density at radius 3 is 2.50 bits per heavy atom. The summed E-state index contributed by atoms with van der Waals surface area (Å²) in [5, 5.41) is 31.5. The number of aliphatic hydroxyl groups is 1. The molecule has 3 aliphatic carbocycles. The van der Waals surface area contributed by atoms with E-state index in [1.54, 1.807) is 0 Å². The Balaban J connectivity index is 1.66. The Morgan fingerprint density at radius 1 is 1.20 bits per heavy atom. The predicted molar refractivity (Wildman–Crippen MR) is 111 cm³/mol. The molecule has 0 bridgehead atoms.